The van der Waals surface area contributed by atoms with Crippen LogP contribution in [0.25, 0.3) is 5.82 Å². The molecule has 0 bridgehead atoms. The van der Waals surface area contributed by atoms with Gasteiger partial charge < -0.3 is 0 Å². The molecule has 1 fully saturated rings. The van der Waals surface area contributed by atoms with Crippen LogP contribution in [0.3, 0.4) is 0 Å². The zero-order chi connectivity index (χ0) is 10.8. The van der Waals surface area contributed by atoms with Gasteiger partial charge in [-0.2, -0.15) is 5.10 Å². The standard InChI is InChI=1S/C12H13N4/c1-4-14-16(8-1)12-9-11(3-5-13-12)10-15-6-2-7-15/h3-5,8-9H,2,6-7,10H2. The maximum atomic E-state index is 4.29. The van der Waals surface area contributed by atoms with Crippen LogP contribution in [0, 0.1) is 6.07 Å². The molecule has 4 heteroatoms. The predicted octanol–water partition coefficient (Wildman–Crippen LogP) is 1.27. The number of hydrogen-bond donors (Lipinski definition) is 0. The van der Waals surface area contributed by atoms with Crippen LogP contribution in [0.1, 0.15) is 12.0 Å². The van der Waals surface area contributed by atoms with Gasteiger partial charge in [-0.05, 0) is 37.2 Å². The first-order chi connectivity index (χ1) is 7.92. The number of likely N-dealkylation sites (tertiary alicyclic amines) is 1. The average molecular weight is 213 g/mol. The van der Waals surface area contributed by atoms with E-state index in [1.54, 1.807) is 17.1 Å². The van der Waals surface area contributed by atoms with E-state index in [0.717, 1.165) is 12.4 Å². The summed E-state index contributed by atoms with van der Waals surface area (Å²) < 4.78 is 1.74. The molecule has 1 saturated heterocycles. The maximum Gasteiger partial charge on any atom is 0.153 e. The van der Waals surface area contributed by atoms with E-state index in [0.29, 0.717) is 0 Å². The Morgan fingerprint density at radius 3 is 3.00 bits per heavy atom. The Kier molecular flexibility index (Phi) is 2.42. The van der Waals surface area contributed by atoms with Crippen LogP contribution < -0.4 is 0 Å². The van der Waals surface area contributed by atoms with Gasteiger partial charge in [0.25, 0.3) is 0 Å². The molecule has 0 saturated carbocycles. The van der Waals surface area contributed by atoms with Crippen molar-refractivity contribution in [3.8, 4) is 5.82 Å². The fraction of sp³-hybridized carbons (Fsp3) is 0.333. The zero-order valence-electron chi connectivity index (χ0n) is 9.00. The highest BCUT2D eigenvalue weighted by Crippen LogP contribution is 2.13. The van der Waals surface area contributed by atoms with Crippen LogP contribution in [0.15, 0.2) is 30.7 Å². The third-order valence-electron chi connectivity index (χ3n) is 2.85. The maximum absolute atomic E-state index is 4.29. The summed E-state index contributed by atoms with van der Waals surface area (Å²) >= 11 is 0. The molecule has 0 amide bonds. The first kappa shape index (κ1) is 9.54. The summed E-state index contributed by atoms with van der Waals surface area (Å²) in [4.78, 5) is 6.72. The smallest absolute Gasteiger partial charge is 0.153 e. The molecule has 2 aromatic rings. The van der Waals surface area contributed by atoms with Crippen molar-refractivity contribution in [2.75, 3.05) is 13.1 Å². The van der Waals surface area contributed by atoms with Crippen molar-refractivity contribution < 1.29 is 0 Å². The molecule has 3 rings (SSSR count). The zero-order valence-corrected chi connectivity index (χ0v) is 9.00. The van der Waals surface area contributed by atoms with Gasteiger partial charge in [0.15, 0.2) is 5.82 Å². The Hall–Kier alpha value is -1.68. The first-order valence-electron chi connectivity index (χ1n) is 5.50. The van der Waals surface area contributed by atoms with E-state index in [1.807, 2.05) is 6.20 Å². The normalized spacial score (nSPS) is 16.0. The van der Waals surface area contributed by atoms with Gasteiger partial charge in [0.05, 0.1) is 6.20 Å². The fourth-order valence-electron chi connectivity index (χ4n) is 1.84. The Morgan fingerprint density at radius 2 is 2.31 bits per heavy atom. The van der Waals surface area contributed by atoms with Gasteiger partial charge >= 0.3 is 0 Å². The summed E-state index contributed by atoms with van der Waals surface area (Å²) in [6.45, 7) is 3.45. The molecule has 81 valence electrons. The van der Waals surface area contributed by atoms with Crippen molar-refractivity contribution in [3.05, 3.63) is 42.4 Å². The van der Waals surface area contributed by atoms with E-state index in [1.165, 1.54) is 25.1 Å². The number of aromatic nitrogens is 3. The highest BCUT2D eigenvalue weighted by atomic mass is 15.3. The van der Waals surface area contributed by atoms with Gasteiger partial charge in [0.1, 0.15) is 0 Å². The third-order valence-corrected chi connectivity index (χ3v) is 2.85. The molecule has 0 atom stereocenters. The summed E-state index contributed by atoms with van der Waals surface area (Å²) in [5.41, 5.74) is 1.29. The van der Waals surface area contributed by atoms with Gasteiger partial charge in [0, 0.05) is 25.0 Å². The van der Waals surface area contributed by atoms with E-state index in [9.17, 15) is 0 Å². The van der Waals surface area contributed by atoms with Crippen LogP contribution in [-0.2, 0) is 6.54 Å². The predicted molar refractivity (Wildman–Crippen MR) is 60.1 cm³/mol. The highest BCUT2D eigenvalue weighted by Gasteiger charge is 2.13. The molecule has 16 heavy (non-hydrogen) atoms. The lowest BCUT2D eigenvalue weighted by Gasteiger charge is -2.30. The minimum Gasteiger partial charge on any atom is -0.299 e. The first-order valence-corrected chi connectivity index (χ1v) is 5.50. The molecular formula is C12H13N4. The molecule has 0 spiro atoms. The van der Waals surface area contributed by atoms with Crippen molar-refractivity contribution in [2.24, 2.45) is 0 Å². The monoisotopic (exact) mass is 213 g/mol. The molecule has 1 aliphatic rings. The van der Waals surface area contributed by atoms with Crippen molar-refractivity contribution in [1.29, 1.82) is 0 Å². The van der Waals surface area contributed by atoms with Gasteiger partial charge in [-0.1, -0.05) is 0 Å². The van der Waals surface area contributed by atoms with Crippen molar-refractivity contribution in [1.82, 2.24) is 19.7 Å². The van der Waals surface area contributed by atoms with E-state index in [-0.39, 0.29) is 0 Å². The Morgan fingerprint density at radius 1 is 1.38 bits per heavy atom. The third kappa shape index (κ3) is 1.84. The van der Waals surface area contributed by atoms with Crippen molar-refractivity contribution in [2.45, 2.75) is 13.0 Å². The highest BCUT2D eigenvalue weighted by molar-refractivity contribution is 5.26. The van der Waals surface area contributed by atoms with E-state index >= 15 is 0 Å². The molecule has 2 aromatic heterocycles. The van der Waals surface area contributed by atoms with Crippen LogP contribution >= 0.6 is 0 Å². The summed E-state index contributed by atoms with van der Waals surface area (Å²) in [6.07, 6.45) is 6.59. The second-order valence-corrected chi connectivity index (χ2v) is 4.04. The van der Waals surface area contributed by atoms with Gasteiger partial charge in [-0.3, -0.25) is 4.90 Å². The SMILES string of the molecule is [c]1cnn(-c2cc(CN3CCC3)ccn2)c1. The van der Waals surface area contributed by atoms with Crippen LogP contribution in [-0.4, -0.2) is 32.8 Å². The molecule has 1 aliphatic heterocycles. The molecule has 0 N–H and O–H groups in total. The fourth-order valence-corrected chi connectivity index (χ4v) is 1.84. The molecule has 3 heterocycles. The molecule has 1 radical (unpaired) electrons. The van der Waals surface area contributed by atoms with Gasteiger partial charge in [-0.25, -0.2) is 9.67 Å². The Labute approximate surface area is 94.5 Å². The number of rotatable bonds is 3. The van der Waals surface area contributed by atoms with Crippen LogP contribution in [0.4, 0.5) is 0 Å². The minimum absolute atomic E-state index is 0.860. The van der Waals surface area contributed by atoms with Gasteiger partial charge in [0.2, 0.25) is 0 Å². The summed E-state index contributed by atoms with van der Waals surface area (Å²) in [5.74, 6) is 0.860. The number of nitrogens with zero attached hydrogens (tertiary/aromatic N) is 4. The van der Waals surface area contributed by atoms with Gasteiger partial charge in [-0.15, -0.1) is 0 Å². The van der Waals surface area contributed by atoms with E-state index in [2.05, 4.69) is 33.2 Å². The Balaban J connectivity index is 1.82. The second kappa shape index (κ2) is 4.06. The lowest BCUT2D eigenvalue weighted by Crippen LogP contribution is -2.36. The van der Waals surface area contributed by atoms with Crippen molar-refractivity contribution >= 4 is 0 Å². The quantitative estimate of drug-likeness (QED) is 0.770. The number of hydrogen-bond acceptors (Lipinski definition) is 3. The summed E-state index contributed by atoms with van der Waals surface area (Å²) in [7, 11) is 0. The molecule has 0 unspecified atom stereocenters. The molecular weight excluding hydrogens is 200 g/mol. The van der Waals surface area contributed by atoms with Crippen LogP contribution in [0.2, 0.25) is 0 Å². The summed E-state index contributed by atoms with van der Waals surface area (Å²) in [5, 5.41) is 4.13. The largest absolute Gasteiger partial charge is 0.299 e. The molecule has 0 aliphatic carbocycles. The molecule has 4 nitrogen and oxygen atoms in total. The second-order valence-electron chi connectivity index (χ2n) is 4.04. The minimum atomic E-state index is 0.860. The topological polar surface area (TPSA) is 34.0 Å². The van der Waals surface area contributed by atoms with Crippen molar-refractivity contribution in [3.63, 3.8) is 0 Å². The van der Waals surface area contributed by atoms with E-state index in [4.69, 9.17) is 0 Å². The average Bonchev–Trinajstić information content (AvgIpc) is 2.77. The lowest BCUT2D eigenvalue weighted by molar-refractivity contribution is 0.172. The lowest BCUT2D eigenvalue weighted by atomic mass is 10.1. The Bertz CT molecular complexity index is 460. The van der Waals surface area contributed by atoms with Crippen LogP contribution in [0.5, 0.6) is 0 Å². The summed E-state index contributed by atoms with van der Waals surface area (Å²) in [6, 6.07) is 7.06. The molecule has 0 aromatic carbocycles. The number of pyridine rings is 1. The van der Waals surface area contributed by atoms with E-state index < -0.39 is 0 Å².